The molecule has 0 aliphatic rings. The minimum atomic E-state index is -4.76. The molecular formula is C15H11F3O4. The quantitative estimate of drug-likeness (QED) is 0.928. The number of aromatic carboxylic acids is 1. The normalized spacial score (nSPS) is 11.1. The lowest BCUT2D eigenvalue weighted by Gasteiger charge is -2.12. The summed E-state index contributed by atoms with van der Waals surface area (Å²) < 4.78 is 45.3. The fraction of sp³-hybridized carbons (Fsp3) is 0.133. The Hall–Kier alpha value is -2.70. The first kappa shape index (κ1) is 15.7. The molecule has 1 N–H and O–H groups in total. The molecule has 0 spiro atoms. The van der Waals surface area contributed by atoms with Crippen LogP contribution in [0.5, 0.6) is 11.5 Å². The third kappa shape index (κ3) is 3.49. The van der Waals surface area contributed by atoms with Crippen LogP contribution in [0.3, 0.4) is 0 Å². The fourth-order valence-corrected chi connectivity index (χ4v) is 1.99. The van der Waals surface area contributed by atoms with Gasteiger partial charge in [0.1, 0.15) is 17.1 Å². The van der Waals surface area contributed by atoms with Gasteiger partial charge >= 0.3 is 12.3 Å². The molecule has 7 heteroatoms. The molecule has 0 atom stereocenters. The van der Waals surface area contributed by atoms with Gasteiger partial charge in [-0.2, -0.15) is 0 Å². The van der Waals surface area contributed by atoms with Crippen LogP contribution in [0.4, 0.5) is 13.2 Å². The van der Waals surface area contributed by atoms with Crippen molar-refractivity contribution in [2.45, 2.75) is 6.36 Å². The summed E-state index contributed by atoms with van der Waals surface area (Å²) in [6.07, 6.45) is -4.76. The second-order valence-electron chi connectivity index (χ2n) is 4.26. The highest BCUT2D eigenvalue weighted by atomic mass is 19.4. The SMILES string of the molecule is COc1c(C(=O)O)cccc1-c1ccc(OC(F)(F)F)cc1. The molecule has 0 aromatic heterocycles. The minimum absolute atomic E-state index is 0.0318. The largest absolute Gasteiger partial charge is 0.573 e. The maximum atomic E-state index is 12.1. The summed E-state index contributed by atoms with van der Waals surface area (Å²) >= 11 is 0. The average Bonchev–Trinajstić information content (AvgIpc) is 2.45. The summed E-state index contributed by atoms with van der Waals surface area (Å²) in [5.74, 6) is -1.38. The summed E-state index contributed by atoms with van der Waals surface area (Å²) in [4.78, 5) is 11.1. The van der Waals surface area contributed by atoms with Crippen molar-refractivity contribution in [3.8, 4) is 22.6 Å². The summed E-state index contributed by atoms with van der Waals surface area (Å²) in [6, 6.07) is 9.61. The first-order chi connectivity index (χ1) is 10.3. The summed E-state index contributed by atoms with van der Waals surface area (Å²) in [7, 11) is 1.33. The lowest BCUT2D eigenvalue weighted by atomic mass is 10.0. The summed E-state index contributed by atoms with van der Waals surface area (Å²) in [5.41, 5.74) is 0.936. The Bertz CT molecular complexity index is 678. The molecule has 0 aliphatic carbocycles. The monoisotopic (exact) mass is 312 g/mol. The Morgan fingerprint density at radius 2 is 1.73 bits per heavy atom. The van der Waals surface area contributed by atoms with Crippen LogP contribution in [0.2, 0.25) is 0 Å². The Kier molecular flexibility index (Phi) is 4.25. The van der Waals surface area contributed by atoms with Crippen molar-refractivity contribution in [3.05, 3.63) is 48.0 Å². The van der Waals surface area contributed by atoms with E-state index in [4.69, 9.17) is 9.84 Å². The summed E-state index contributed by atoms with van der Waals surface area (Å²) in [6.45, 7) is 0. The van der Waals surface area contributed by atoms with E-state index in [1.807, 2.05) is 0 Å². The van der Waals surface area contributed by atoms with E-state index in [1.165, 1.54) is 31.4 Å². The number of alkyl halides is 3. The topological polar surface area (TPSA) is 55.8 Å². The number of carbonyl (C=O) groups is 1. The van der Waals surface area contributed by atoms with Crippen LogP contribution in [-0.4, -0.2) is 24.5 Å². The molecule has 0 bridgehead atoms. The Morgan fingerprint density at radius 3 is 2.23 bits per heavy atom. The van der Waals surface area contributed by atoms with Crippen LogP contribution in [0, 0.1) is 0 Å². The number of hydrogen-bond acceptors (Lipinski definition) is 3. The van der Waals surface area contributed by atoms with Gasteiger partial charge in [0.05, 0.1) is 7.11 Å². The first-order valence-electron chi connectivity index (χ1n) is 6.08. The lowest BCUT2D eigenvalue weighted by Crippen LogP contribution is -2.16. The van der Waals surface area contributed by atoms with Crippen LogP contribution in [0.1, 0.15) is 10.4 Å². The molecule has 116 valence electrons. The summed E-state index contributed by atoms with van der Waals surface area (Å²) in [5, 5.41) is 9.11. The lowest BCUT2D eigenvalue weighted by molar-refractivity contribution is -0.274. The van der Waals surface area contributed by atoms with Gasteiger partial charge in [-0.25, -0.2) is 4.79 Å². The minimum Gasteiger partial charge on any atom is -0.495 e. The first-order valence-corrected chi connectivity index (χ1v) is 6.08. The van der Waals surface area contributed by atoms with Gasteiger partial charge in [0.15, 0.2) is 0 Å². The van der Waals surface area contributed by atoms with Crippen LogP contribution in [0.15, 0.2) is 42.5 Å². The predicted molar refractivity (Wildman–Crippen MR) is 72.1 cm³/mol. The van der Waals surface area contributed by atoms with E-state index in [2.05, 4.69) is 4.74 Å². The smallest absolute Gasteiger partial charge is 0.495 e. The molecule has 0 amide bonds. The zero-order chi connectivity index (χ0) is 16.3. The number of benzene rings is 2. The van der Waals surface area contributed by atoms with Gasteiger partial charge in [-0.15, -0.1) is 13.2 Å². The molecule has 2 aromatic rings. The standard InChI is InChI=1S/C15H11F3O4/c1-21-13-11(3-2-4-12(13)14(19)20)9-5-7-10(8-6-9)22-15(16,17)18/h2-8H,1H3,(H,19,20). The van der Waals surface area contributed by atoms with E-state index in [0.29, 0.717) is 11.1 Å². The molecule has 2 aromatic carbocycles. The van der Waals surface area contributed by atoms with Crippen LogP contribution < -0.4 is 9.47 Å². The third-order valence-electron chi connectivity index (χ3n) is 2.85. The van der Waals surface area contributed by atoms with Crippen LogP contribution in [-0.2, 0) is 0 Å². The third-order valence-corrected chi connectivity index (χ3v) is 2.85. The highest BCUT2D eigenvalue weighted by molar-refractivity contribution is 5.94. The zero-order valence-electron chi connectivity index (χ0n) is 11.3. The van der Waals surface area contributed by atoms with Gasteiger partial charge in [0, 0.05) is 5.56 Å². The number of carboxylic acid groups (broad SMARTS) is 1. The van der Waals surface area contributed by atoms with E-state index in [-0.39, 0.29) is 17.1 Å². The van der Waals surface area contributed by atoms with Crippen molar-refractivity contribution in [3.63, 3.8) is 0 Å². The van der Waals surface area contributed by atoms with Gasteiger partial charge in [-0.1, -0.05) is 24.3 Å². The Balaban J connectivity index is 2.40. The van der Waals surface area contributed by atoms with E-state index < -0.39 is 12.3 Å². The fourth-order valence-electron chi connectivity index (χ4n) is 1.99. The number of rotatable bonds is 4. The molecule has 0 fully saturated rings. The maximum absolute atomic E-state index is 12.1. The van der Waals surface area contributed by atoms with Crippen LogP contribution >= 0.6 is 0 Å². The van der Waals surface area contributed by atoms with E-state index >= 15 is 0 Å². The number of carboxylic acids is 1. The number of ether oxygens (including phenoxy) is 2. The van der Waals surface area contributed by atoms with E-state index in [9.17, 15) is 18.0 Å². The Labute approximate surface area is 123 Å². The number of para-hydroxylation sites is 1. The Morgan fingerprint density at radius 1 is 1.09 bits per heavy atom. The molecule has 0 aliphatic heterocycles. The van der Waals surface area contributed by atoms with Crippen LogP contribution in [0.25, 0.3) is 11.1 Å². The zero-order valence-corrected chi connectivity index (χ0v) is 11.3. The van der Waals surface area contributed by atoms with Crippen molar-refractivity contribution in [1.82, 2.24) is 0 Å². The molecule has 2 rings (SSSR count). The van der Waals surface area contributed by atoms with Crippen molar-refractivity contribution in [1.29, 1.82) is 0 Å². The predicted octanol–water partition coefficient (Wildman–Crippen LogP) is 3.96. The van der Waals surface area contributed by atoms with Crippen molar-refractivity contribution in [2.75, 3.05) is 7.11 Å². The van der Waals surface area contributed by atoms with Crippen molar-refractivity contribution < 1.29 is 32.5 Å². The van der Waals surface area contributed by atoms with E-state index in [1.54, 1.807) is 6.07 Å². The molecule has 0 saturated carbocycles. The highest BCUT2D eigenvalue weighted by Crippen LogP contribution is 2.34. The van der Waals surface area contributed by atoms with E-state index in [0.717, 1.165) is 12.1 Å². The molecule has 4 nitrogen and oxygen atoms in total. The van der Waals surface area contributed by atoms with Crippen molar-refractivity contribution in [2.24, 2.45) is 0 Å². The van der Waals surface area contributed by atoms with Gasteiger partial charge in [0.25, 0.3) is 0 Å². The average molecular weight is 312 g/mol. The molecule has 0 heterocycles. The maximum Gasteiger partial charge on any atom is 0.573 e. The molecule has 0 saturated heterocycles. The molecule has 22 heavy (non-hydrogen) atoms. The number of hydrogen-bond donors (Lipinski definition) is 1. The van der Waals surface area contributed by atoms with Gasteiger partial charge < -0.3 is 14.6 Å². The van der Waals surface area contributed by atoms with Gasteiger partial charge in [-0.3, -0.25) is 0 Å². The van der Waals surface area contributed by atoms with Gasteiger partial charge in [0.2, 0.25) is 0 Å². The molecule has 0 radical (unpaired) electrons. The molecular weight excluding hydrogens is 301 g/mol. The number of methoxy groups -OCH3 is 1. The number of halogens is 3. The second kappa shape index (κ2) is 5.97. The molecule has 0 unspecified atom stereocenters. The highest BCUT2D eigenvalue weighted by Gasteiger charge is 2.31. The van der Waals surface area contributed by atoms with Crippen molar-refractivity contribution >= 4 is 5.97 Å². The second-order valence-corrected chi connectivity index (χ2v) is 4.26. The van der Waals surface area contributed by atoms with Gasteiger partial charge in [-0.05, 0) is 23.8 Å².